The average Bonchev–Trinajstić information content (AvgIpc) is 2.38. The van der Waals surface area contributed by atoms with Crippen LogP contribution in [0, 0.1) is 0 Å². The minimum absolute atomic E-state index is 0.398. The number of piperidine rings is 2. The molecule has 102 valence electrons. The Hall–Kier alpha value is -0.540. The topological polar surface area (TPSA) is 24.5 Å². The Labute approximate surface area is 111 Å². The smallest absolute Gasteiger partial charge is 0.110 e. The lowest BCUT2D eigenvalue weighted by Gasteiger charge is -2.47. The standard InChI is InChI=1S/C15H26N2O/c1-17-13-5-4-6-14(17)10-12(9-13)16-11-15-7-2-3-8-18-15/h3,8,12-16H,2,4-7,9-11H2,1H3. The van der Waals surface area contributed by atoms with Gasteiger partial charge in [-0.25, -0.2) is 0 Å². The predicted octanol–water partition coefficient (Wildman–Crippen LogP) is 2.28. The van der Waals surface area contributed by atoms with Crippen LogP contribution in [-0.4, -0.2) is 42.7 Å². The summed E-state index contributed by atoms with van der Waals surface area (Å²) in [6.07, 6.45) is 13.6. The molecule has 0 saturated carbocycles. The van der Waals surface area contributed by atoms with Crippen molar-refractivity contribution in [1.29, 1.82) is 0 Å². The Morgan fingerprint density at radius 3 is 2.67 bits per heavy atom. The van der Waals surface area contributed by atoms with Gasteiger partial charge in [0.1, 0.15) is 6.10 Å². The van der Waals surface area contributed by atoms with Crippen molar-refractivity contribution in [2.24, 2.45) is 0 Å². The van der Waals surface area contributed by atoms with Crippen molar-refractivity contribution in [3.8, 4) is 0 Å². The van der Waals surface area contributed by atoms with E-state index in [1.165, 1.54) is 44.9 Å². The highest BCUT2D eigenvalue weighted by molar-refractivity contribution is 4.94. The van der Waals surface area contributed by atoms with Crippen LogP contribution in [0.2, 0.25) is 0 Å². The molecule has 0 aliphatic carbocycles. The van der Waals surface area contributed by atoms with E-state index in [2.05, 4.69) is 23.3 Å². The van der Waals surface area contributed by atoms with Crippen LogP contribution in [0.3, 0.4) is 0 Å². The van der Waals surface area contributed by atoms with Crippen molar-refractivity contribution >= 4 is 0 Å². The fourth-order valence-electron chi connectivity index (χ4n) is 3.82. The molecule has 3 aliphatic rings. The van der Waals surface area contributed by atoms with E-state index in [0.717, 1.165) is 18.6 Å². The van der Waals surface area contributed by atoms with E-state index >= 15 is 0 Å². The van der Waals surface area contributed by atoms with Gasteiger partial charge in [0.25, 0.3) is 0 Å². The molecule has 3 heterocycles. The molecule has 2 fully saturated rings. The third-order valence-electron chi connectivity index (χ3n) is 5.00. The zero-order valence-electron chi connectivity index (χ0n) is 11.5. The highest BCUT2D eigenvalue weighted by Crippen LogP contribution is 2.32. The van der Waals surface area contributed by atoms with E-state index in [1.54, 1.807) is 0 Å². The molecule has 2 bridgehead atoms. The van der Waals surface area contributed by atoms with Gasteiger partial charge in [-0.3, -0.25) is 0 Å². The molecule has 2 saturated heterocycles. The lowest BCUT2D eigenvalue weighted by atomic mass is 9.82. The second-order valence-electron chi connectivity index (χ2n) is 6.19. The first kappa shape index (κ1) is 12.5. The van der Waals surface area contributed by atoms with Gasteiger partial charge >= 0.3 is 0 Å². The van der Waals surface area contributed by atoms with Gasteiger partial charge in [0.15, 0.2) is 0 Å². The molecule has 3 atom stereocenters. The molecule has 0 aromatic heterocycles. The minimum atomic E-state index is 0.398. The molecule has 0 radical (unpaired) electrons. The predicted molar refractivity (Wildman–Crippen MR) is 73.5 cm³/mol. The highest BCUT2D eigenvalue weighted by Gasteiger charge is 2.35. The van der Waals surface area contributed by atoms with Crippen molar-refractivity contribution in [3.63, 3.8) is 0 Å². The van der Waals surface area contributed by atoms with Gasteiger partial charge in [0.2, 0.25) is 0 Å². The largest absolute Gasteiger partial charge is 0.497 e. The molecule has 1 N–H and O–H groups in total. The fraction of sp³-hybridized carbons (Fsp3) is 0.867. The van der Waals surface area contributed by atoms with Gasteiger partial charge in [-0.2, -0.15) is 0 Å². The molecule has 3 aliphatic heterocycles. The summed E-state index contributed by atoms with van der Waals surface area (Å²) >= 11 is 0. The number of fused-ring (bicyclic) bond motifs is 2. The third-order valence-corrected chi connectivity index (χ3v) is 5.00. The first-order chi connectivity index (χ1) is 8.83. The average molecular weight is 250 g/mol. The van der Waals surface area contributed by atoms with Crippen LogP contribution in [0.25, 0.3) is 0 Å². The van der Waals surface area contributed by atoms with E-state index in [0.29, 0.717) is 12.1 Å². The van der Waals surface area contributed by atoms with Crippen LogP contribution < -0.4 is 5.32 Å². The van der Waals surface area contributed by atoms with E-state index in [9.17, 15) is 0 Å². The van der Waals surface area contributed by atoms with E-state index in [4.69, 9.17) is 4.74 Å². The Balaban J connectivity index is 1.47. The van der Waals surface area contributed by atoms with Gasteiger partial charge in [0, 0.05) is 24.7 Å². The highest BCUT2D eigenvalue weighted by atomic mass is 16.5. The summed E-state index contributed by atoms with van der Waals surface area (Å²) in [6.45, 7) is 1.03. The van der Waals surface area contributed by atoms with E-state index < -0.39 is 0 Å². The van der Waals surface area contributed by atoms with Crippen molar-refractivity contribution in [2.45, 2.75) is 69.2 Å². The fourth-order valence-corrected chi connectivity index (χ4v) is 3.82. The molecular weight excluding hydrogens is 224 g/mol. The molecule has 0 amide bonds. The maximum Gasteiger partial charge on any atom is 0.110 e. The summed E-state index contributed by atoms with van der Waals surface area (Å²) in [5.74, 6) is 0. The maximum atomic E-state index is 5.63. The molecule has 0 spiro atoms. The lowest BCUT2D eigenvalue weighted by molar-refractivity contribution is 0.0425. The summed E-state index contributed by atoms with van der Waals surface area (Å²) < 4.78 is 5.63. The number of hydrogen-bond donors (Lipinski definition) is 1. The molecule has 0 aromatic carbocycles. The number of hydrogen-bond acceptors (Lipinski definition) is 3. The maximum absolute atomic E-state index is 5.63. The molecule has 3 unspecified atom stereocenters. The van der Waals surface area contributed by atoms with Crippen LogP contribution in [0.15, 0.2) is 12.3 Å². The Kier molecular flexibility index (Phi) is 3.90. The normalized spacial score (nSPS) is 40.5. The molecule has 18 heavy (non-hydrogen) atoms. The van der Waals surface area contributed by atoms with Crippen LogP contribution in [0.1, 0.15) is 44.9 Å². The van der Waals surface area contributed by atoms with Gasteiger partial charge in [-0.1, -0.05) is 6.42 Å². The van der Waals surface area contributed by atoms with Crippen LogP contribution in [0.4, 0.5) is 0 Å². The van der Waals surface area contributed by atoms with Crippen molar-refractivity contribution in [1.82, 2.24) is 10.2 Å². The minimum Gasteiger partial charge on any atom is -0.497 e. The third kappa shape index (κ3) is 2.72. The van der Waals surface area contributed by atoms with Gasteiger partial charge in [-0.05, 0) is 51.6 Å². The first-order valence-corrected chi connectivity index (χ1v) is 7.58. The second-order valence-corrected chi connectivity index (χ2v) is 6.19. The van der Waals surface area contributed by atoms with Gasteiger partial charge in [0.05, 0.1) is 6.26 Å². The monoisotopic (exact) mass is 250 g/mol. The Bertz CT molecular complexity index is 291. The molecule has 3 nitrogen and oxygen atoms in total. The van der Waals surface area contributed by atoms with Crippen LogP contribution >= 0.6 is 0 Å². The molecule has 3 rings (SSSR count). The summed E-state index contributed by atoms with van der Waals surface area (Å²) in [7, 11) is 2.32. The zero-order valence-corrected chi connectivity index (χ0v) is 11.5. The summed E-state index contributed by atoms with van der Waals surface area (Å²) in [5.41, 5.74) is 0. The quantitative estimate of drug-likeness (QED) is 0.831. The summed E-state index contributed by atoms with van der Waals surface area (Å²) in [6, 6.07) is 2.36. The van der Waals surface area contributed by atoms with Gasteiger partial charge in [-0.15, -0.1) is 0 Å². The lowest BCUT2D eigenvalue weighted by Crippen LogP contribution is -2.55. The number of rotatable bonds is 3. The molecule has 3 heteroatoms. The van der Waals surface area contributed by atoms with Crippen molar-refractivity contribution in [2.75, 3.05) is 13.6 Å². The summed E-state index contributed by atoms with van der Waals surface area (Å²) in [4.78, 5) is 2.63. The SMILES string of the molecule is CN1C2CCCC1CC(NCC1CCC=CO1)C2. The Morgan fingerprint density at radius 1 is 1.22 bits per heavy atom. The zero-order chi connectivity index (χ0) is 12.4. The second kappa shape index (κ2) is 5.62. The van der Waals surface area contributed by atoms with Gasteiger partial charge < -0.3 is 15.0 Å². The number of nitrogens with one attached hydrogen (secondary N) is 1. The number of ether oxygens (including phenoxy) is 1. The Morgan fingerprint density at radius 2 is 2.00 bits per heavy atom. The number of allylic oxidation sites excluding steroid dienone is 1. The van der Waals surface area contributed by atoms with Crippen molar-refractivity contribution in [3.05, 3.63) is 12.3 Å². The van der Waals surface area contributed by atoms with E-state index in [-0.39, 0.29) is 0 Å². The molecular formula is C15H26N2O. The van der Waals surface area contributed by atoms with E-state index in [1.807, 2.05) is 6.26 Å². The first-order valence-electron chi connectivity index (χ1n) is 7.58. The van der Waals surface area contributed by atoms with Crippen LogP contribution in [-0.2, 0) is 4.74 Å². The van der Waals surface area contributed by atoms with Crippen molar-refractivity contribution < 1.29 is 4.74 Å². The summed E-state index contributed by atoms with van der Waals surface area (Å²) in [5, 5.41) is 3.75. The number of nitrogens with zero attached hydrogens (tertiary/aromatic N) is 1. The molecule has 0 aromatic rings. The van der Waals surface area contributed by atoms with Crippen LogP contribution in [0.5, 0.6) is 0 Å².